The minimum atomic E-state index is -0.499. The van der Waals surface area contributed by atoms with E-state index >= 15 is 0 Å². The van der Waals surface area contributed by atoms with Gasteiger partial charge in [0, 0.05) is 42.9 Å². The number of ether oxygens (including phenoxy) is 1. The summed E-state index contributed by atoms with van der Waals surface area (Å²) in [4.78, 5) is 30.1. The number of aryl methyl sites for hydroxylation is 2. The first kappa shape index (κ1) is 23.1. The van der Waals surface area contributed by atoms with E-state index in [1.165, 1.54) is 18.1 Å². The Morgan fingerprint density at radius 2 is 1.88 bits per heavy atom. The van der Waals surface area contributed by atoms with E-state index in [-0.39, 0.29) is 17.4 Å². The molecule has 0 aliphatic carbocycles. The normalized spacial score (nSPS) is 10.7. The highest BCUT2D eigenvalue weighted by Gasteiger charge is 2.16. The Bertz CT molecular complexity index is 1130. The number of amides is 1. The van der Waals surface area contributed by atoms with Crippen LogP contribution >= 0.6 is 0 Å². The van der Waals surface area contributed by atoms with E-state index in [9.17, 15) is 14.0 Å². The molecule has 3 rings (SSSR count). The van der Waals surface area contributed by atoms with Gasteiger partial charge in [-0.15, -0.1) is 0 Å². The highest BCUT2D eigenvalue weighted by atomic mass is 19.1. The largest absolute Gasteiger partial charge is 0.496 e. The Morgan fingerprint density at radius 3 is 2.50 bits per heavy atom. The molecule has 6 heteroatoms. The summed E-state index contributed by atoms with van der Waals surface area (Å²) in [5, 5.41) is 0. The molecular weight excluding hydrogens is 407 g/mol. The molecule has 3 aromatic rings. The van der Waals surface area contributed by atoms with Crippen molar-refractivity contribution in [1.29, 1.82) is 0 Å². The molecule has 0 spiro atoms. The van der Waals surface area contributed by atoms with Crippen molar-refractivity contribution >= 4 is 17.4 Å². The lowest BCUT2D eigenvalue weighted by atomic mass is 9.98. The summed E-state index contributed by atoms with van der Waals surface area (Å²) in [5.74, 6) is -0.186. The average Bonchev–Trinajstić information content (AvgIpc) is 2.82. The van der Waals surface area contributed by atoms with Crippen molar-refractivity contribution in [3.05, 3.63) is 77.4 Å². The van der Waals surface area contributed by atoms with Crippen LogP contribution in [0.25, 0.3) is 11.1 Å². The third kappa shape index (κ3) is 5.19. The standard InChI is InChI=1S/C26H27FN2O3/c1-5-26(31)29(3)23-12-10-19(14-22(23)27)21-11-9-20(15-25(21)32-4)24(30)13-8-18-7-6-17(2)28-16-18/h6-7,9-12,14-16H,5,8,13H2,1-4H3. The highest BCUT2D eigenvalue weighted by Crippen LogP contribution is 2.34. The number of rotatable bonds is 8. The van der Waals surface area contributed by atoms with Gasteiger partial charge in [0.1, 0.15) is 11.6 Å². The zero-order valence-corrected chi connectivity index (χ0v) is 18.8. The van der Waals surface area contributed by atoms with Crippen LogP contribution in [0.1, 0.15) is 41.4 Å². The lowest BCUT2D eigenvalue weighted by Gasteiger charge is -2.18. The second-order valence-corrected chi connectivity index (χ2v) is 7.62. The molecule has 166 valence electrons. The molecule has 0 fully saturated rings. The first-order chi connectivity index (χ1) is 15.3. The number of methoxy groups -OCH3 is 1. The van der Waals surface area contributed by atoms with Crippen LogP contribution in [0.4, 0.5) is 10.1 Å². The lowest BCUT2D eigenvalue weighted by Crippen LogP contribution is -2.25. The molecule has 0 N–H and O–H groups in total. The maximum absolute atomic E-state index is 14.7. The van der Waals surface area contributed by atoms with Gasteiger partial charge in [0.15, 0.2) is 5.78 Å². The number of anilines is 1. The molecule has 0 aliphatic rings. The summed E-state index contributed by atoms with van der Waals surface area (Å²) in [6, 6.07) is 13.8. The Morgan fingerprint density at radius 1 is 1.09 bits per heavy atom. The third-order valence-electron chi connectivity index (χ3n) is 5.43. The minimum absolute atomic E-state index is 0.00310. The van der Waals surface area contributed by atoms with Gasteiger partial charge in [0.25, 0.3) is 0 Å². The average molecular weight is 435 g/mol. The van der Waals surface area contributed by atoms with Crippen molar-refractivity contribution in [2.45, 2.75) is 33.1 Å². The monoisotopic (exact) mass is 434 g/mol. The number of nitrogens with zero attached hydrogens (tertiary/aromatic N) is 2. The topological polar surface area (TPSA) is 59.5 Å². The number of carbonyl (C=O) groups is 2. The predicted molar refractivity (Wildman–Crippen MR) is 124 cm³/mol. The van der Waals surface area contributed by atoms with Crippen molar-refractivity contribution in [3.63, 3.8) is 0 Å². The van der Waals surface area contributed by atoms with Gasteiger partial charge in [-0.3, -0.25) is 14.6 Å². The van der Waals surface area contributed by atoms with Crippen molar-refractivity contribution in [1.82, 2.24) is 4.98 Å². The summed E-state index contributed by atoms with van der Waals surface area (Å²) < 4.78 is 20.2. The SMILES string of the molecule is CCC(=O)N(C)c1ccc(-c2ccc(C(=O)CCc3ccc(C)nc3)cc2OC)cc1F. The van der Waals surface area contributed by atoms with Crippen LogP contribution in [0.5, 0.6) is 5.75 Å². The molecule has 0 bridgehead atoms. The van der Waals surface area contributed by atoms with E-state index in [0.717, 1.165) is 11.3 Å². The number of hydrogen-bond acceptors (Lipinski definition) is 4. The molecule has 1 amide bonds. The molecule has 0 radical (unpaired) electrons. The molecule has 32 heavy (non-hydrogen) atoms. The number of Topliss-reactive ketones (excluding diaryl/α,β-unsaturated/α-hetero) is 1. The zero-order chi connectivity index (χ0) is 23.3. The number of pyridine rings is 1. The number of halogens is 1. The Balaban J connectivity index is 1.80. The summed E-state index contributed by atoms with van der Waals surface area (Å²) >= 11 is 0. The maximum atomic E-state index is 14.7. The van der Waals surface area contributed by atoms with Crippen molar-refractivity contribution in [2.75, 3.05) is 19.1 Å². The van der Waals surface area contributed by atoms with E-state index in [2.05, 4.69) is 4.98 Å². The van der Waals surface area contributed by atoms with Crippen LogP contribution < -0.4 is 9.64 Å². The lowest BCUT2D eigenvalue weighted by molar-refractivity contribution is -0.118. The number of carbonyl (C=O) groups excluding carboxylic acids is 2. The number of aromatic nitrogens is 1. The van der Waals surface area contributed by atoms with Crippen molar-refractivity contribution in [3.8, 4) is 16.9 Å². The van der Waals surface area contributed by atoms with Gasteiger partial charge < -0.3 is 9.64 Å². The van der Waals surface area contributed by atoms with E-state index in [1.54, 1.807) is 50.5 Å². The molecule has 5 nitrogen and oxygen atoms in total. The first-order valence-electron chi connectivity index (χ1n) is 10.5. The van der Waals surface area contributed by atoms with E-state index in [4.69, 9.17) is 4.74 Å². The molecule has 0 atom stereocenters. The summed E-state index contributed by atoms with van der Waals surface area (Å²) in [6.07, 6.45) is 3.04. The van der Waals surface area contributed by atoms with Gasteiger partial charge >= 0.3 is 0 Å². The number of hydrogen-bond donors (Lipinski definition) is 0. The second-order valence-electron chi connectivity index (χ2n) is 7.62. The maximum Gasteiger partial charge on any atom is 0.226 e. The fraction of sp³-hybridized carbons (Fsp3) is 0.269. The van der Waals surface area contributed by atoms with Gasteiger partial charge in [-0.2, -0.15) is 0 Å². The fourth-order valence-electron chi connectivity index (χ4n) is 3.47. The van der Waals surface area contributed by atoms with Crippen molar-refractivity contribution < 1.29 is 18.7 Å². The van der Waals surface area contributed by atoms with Gasteiger partial charge in [-0.25, -0.2) is 4.39 Å². The van der Waals surface area contributed by atoms with Gasteiger partial charge in [0.2, 0.25) is 5.91 Å². The van der Waals surface area contributed by atoms with E-state index < -0.39 is 5.82 Å². The predicted octanol–water partition coefficient (Wildman–Crippen LogP) is 5.39. The molecule has 0 aliphatic heterocycles. The van der Waals surface area contributed by atoms with E-state index in [1.807, 2.05) is 19.1 Å². The van der Waals surface area contributed by atoms with Gasteiger partial charge in [-0.1, -0.05) is 25.1 Å². The Hall–Kier alpha value is -3.54. The van der Waals surface area contributed by atoms with Crippen LogP contribution in [0.15, 0.2) is 54.7 Å². The van der Waals surface area contributed by atoms with Gasteiger partial charge in [0.05, 0.1) is 12.8 Å². The zero-order valence-electron chi connectivity index (χ0n) is 18.8. The quantitative estimate of drug-likeness (QED) is 0.446. The molecule has 2 aromatic carbocycles. The van der Waals surface area contributed by atoms with Gasteiger partial charge in [-0.05, 0) is 54.8 Å². The van der Waals surface area contributed by atoms with Crippen LogP contribution in [-0.4, -0.2) is 30.8 Å². The van der Waals surface area contributed by atoms with Crippen LogP contribution in [0, 0.1) is 12.7 Å². The fourth-order valence-corrected chi connectivity index (χ4v) is 3.47. The first-order valence-corrected chi connectivity index (χ1v) is 10.5. The number of benzene rings is 2. The smallest absolute Gasteiger partial charge is 0.226 e. The molecular formula is C26H27FN2O3. The van der Waals surface area contributed by atoms with Crippen molar-refractivity contribution in [2.24, 2.45) is 0 Å². The summed E-state index contributed by atoms with van der Waals surface area (Å²) in [5.41, 5.74) is 3.97. The molecule has 0 saturated carbocycles. The second kappa shape index (κ2) is 10.2. The third-order valence-corrected chi connectivity index (χ3v) is 5.43. The molecule has 0 unspecified atom stereocenters. The molecule has 0 saturated heterocycles. The van der Waals surface area contributed by atoms with E-state index in [0.29, 0.717) is 41.7 Å². The van der Waals surface area contributed by atoms with Crippen LogP contribution in [0.3, 0.4) is 0 Å². The Labute approximate surface area is 187 Å². The van der Waals surface area contributed by atoms with Crippen LogP contribution in [0.2, 0.25) is 0 Å². The minimum Gasteiger partial charge on any atom is -0.496 e. The number of ketones is 1. The molecule has 1 heterocycles. The Kier molecular flexibility index (Phi) is 7.36. The van der Waals surface area contributed by atoms with Crippen LogP contribution in [-0.2, 0) is 11.2 Å². The summed E-state index contributed by atoms with van der Waals surface area (Å²) in [6.45, 7) is 3.65. The molecule has 1 aromatic heterocycles. The summed E-state index contributed by atoms with van der Waals surface area (Å²) in [7, 11) is 3.07. The highest BCUT2D eigenvalue weighted by molar-refractivity contribution is 5.97.